The zero-order valence-electron chi connectivity index (χ0n) is 26.3. The average molecular weight is 617 g/mol. The molecule has 1 heterocycles. The van der Waals surface area contributed by atoms with Gasteiger partial charge in [-0.1, -0.05) is 50.5 Å². The number of hydrogen-bond donors (Lipinski definition) is 3. The fourth-order valence-corrected chi connectivity index (χ4v) is 9.26. The first kappa shape index (κ1) is 30.9. The van der Waals surface area contributed by atoms with Crippen LogP contribution in [0, 0.1) is 34.5 Å². The van der Waals surface area contributed by atoms with Crippen LogP contribution in [0.15, 0.2) is 62.5 Å². The van der Waals surface area contributed by atoms with E-state index in [4.69, 9.17) is 9.15 Å². The molecule has 6 rings (SSSR count). The van der Waals surface area contributed by atoms with Crippen molar-refractivity contribution in [2.45, 2.75) is 71.6 Å². The SMILES string of the molecule is COC1=CC(=O)[C@@]2(c3cc(=O)c4c(O)cc(O)cc4o3)[C@H](CC=C(C)[C@@H]2C[C@]2(C)C(C(=O)O)CC=C3[C@H]2CCCC3(C)C)C1=O. The minimum atomic E-state index is -1.69. The predicted molar refractivity (Wildman–Crippen MR) is 166 cm³/mol. The van der Waals surface area contributed by atoms with E-state index < -0.39 is 57.3 Å². The Morgan fingerprint density at radius 2 is 1.78 bits per heavy atom. The predicted octanol–water partition coefficient (Wildman–Crippen LogP) is 5.96. The number of ketones is 2. The molecule has 0 amide bonds. The highest BCUT2D eigenvalue weighted by Crippen LogP contribution is 2.62. The highest BCUT2D eigenvalue weighted by Gasteiger charge is 2.63. The van der Waals surface area contributed by atoms with Crippen molar-refractivity contribution in [1.82, 2.24) is 0 Å². The van der Waals surface area contributed by atoms with Gasteiger partial charge in [0, 0.05) is 36.1 Å². The van der Waals surface area contributed by atoms with Crippen molar-refractivity contribution >= 4 is 28.5 Å². The topological polar surface area (TPSA) is 151 Å². The standard InChI is InChI=1S/C36H40O9/c1-18-8-9-22-32(41)28(44-5)16-29(40)36(22,30-15-26(39)31-25(38)13-19(37)14-27(31)45-30)24(18)17-35(4)21-7-6-12-34(2,3)20(21)10-11-23(35)33(42)43/h8,10,13-16,21-24,37-38H,6-7,9,11-12,17H2,1-5H3,(H,42,43)/t21-,22-,23?,24+,35+,36-/m1/s1. The van der Waals surface area contributed by atoms with E-state index >= 15 is 0 Å². The maximum atomic E-state index is 14.6. The number of rotatable bonds is 5. The van der Waals surface area contributed by atoms with Crippen molar-refractivity contribution < 1.29 is 38.9 Å². The van der Waals surface area contributed by atoms with E-state index in [1.54, 1.807) is 0 Å². The number of phenols is 2. The summed E-state index contributed by atoms with van der Waals surface area (Å²) in [6.45, 7) is 8.29. The fraction of sp³-hybridized carbons (Fsp3) is 0.500. The largest absolute Gasteiger partial charge is 0.508 e. The normalized spacial score (nSPS) is 32.6. The third-order valence-corrected chi connectivity index (χ3v) is 11.5. The molecule has 1 unspecified atom stereocenters. The Labute approximate surface area is 261 Å². The summed E-state index contributed by atoms with van der Waals surface area (Å²) in [6.07, 6.45) is 8.74. The number of carboxylic acids is 1. The molecule has 3 N–H and O–H groups in total. The number of fused-ring (bicyclic) bond motifs is 3. The number of allylic oxidation sites excluding steroid dienone is 6. The summed E-state index contributed by atoms with van der Waals surface area (Å²) in [5.74, 6) is -5.22. The minimum Gasteiger partial charge on any atom is -0.508 e. The molecular weight excluding hydrogens is 576 g/mol. The van der Waals surface area contributed by atoms with E-state index in [1.807, 2.05) is 19.9 Å². The maximum absolute atomic E-state index is 14.6. The van der Waals surface area contributed by atoms with Crippen LogP contribution in [0.4, 0.5) is 0 Å². The lowest BCUT2D eigenvalue weighted by Gasteiger charge is -2.56. The first-order chi connectivity index (χ1) is 21.2. The molecule has 4 aliphatic rings. The first-order valence-electron chi connectivity index (χ1n) is 15.6. The third-order valence-electron chi connectivity index (χ3n) is 11.5. The molecule has 45 heavy (non-hydrogen) atoms. The number of methoxy groups -OCH3 is 1. The summed E-state index contributed by atoms with van der Waals surface area (Å²) < 4.78 is 11.6. The molecule has 0 saturated heterocycles. The Morgan fingerprint density at radius 3 is 2.47 bits per heavy atom. The first-order valence-corrected chi connectivity index (χ1v) is 15.6. The minimum absolute atomic E-state index is 0.0526. The van der Waals surface area contributed by atoms with Crippen molar-refractivity contribution in [2.75, 3.05) is 7.11 Å². The lowest BCUT2D eigenvalue weighted by atomic mass is 9.46. The highest BCUT2D eigenvalue weighted by atomic mass is 16.5. The highest BCUT2D eigenvalue weighted by molar-refractivity contribution is 6.14. The third kappa shape index (κ3) is 4.41. The number of aliphatic carboxylic acids is 1. The van der Waals surface area contributed by atoms with Crippen molar-refractivity contribution in [3.05, 3.63) is 69.3 Å². The second-order valence-electron chi connectivity index (χ2n) is 14.2. The number of hydrogen-bond acceptors (Lipinski definition) is 8. The average Bonchev–Trinajstić information content (AvgIpc) is 2.95. The molecule has 4 aliphatic carbocycles. The summed E-state index contributed by atoms with van der Waals surface area (Å²) in [5.41, 5.74) is -1.30. The summed E-state index contributed by atoms with van der Waals surface area (Å²) >= 11 is 0. The second-order valence-corrected chi connectivity index (χ2v) is 14.2. The maximum Gasteiger partial charge on any atom is 0.307 e. The van der Waals surface area contributed by atoms with Gasteiger partial charge in [0.15, 0.2) is 17.0 Å². The van der Waals surface area contributed by atoms with Gasteiger partial charge in [0.05, 0.1) is 13.0 Å². The van der Waals surface area contributed by atoms with E-state index in [-0.39, 0.29) is 52.4 Å². The van der Waals surface area contributed by atoms with Crippen LogP contribution in [-0.2, 0) is 24.5 Å². The zero-order chi connectivity index (χ0) is 32.6. The molecular formula is C36H40O9. The van der Waals surface area contributed by atoms with Gasteiger partial charge in [-0.3, -0.25) is 19.2 Å². The van der Waals surface area contributed by atoms with Gasteiger partial charge in [-0.2, -0.15) is 0 Å². The van der Waals surface area contributed by atoms with Gasteiger partial charge in [0.2, 0.25) is 5.78 Å². The van der Waals surface area contributed by atoms with Gasteiger partial charge in [0.25, 0.3) is 0 Å². The molecule has 1 aromatic heterocycles. The van der Waals surface area contributed by atoms with Crippen LogP contribution in [0.5, 0.6) is 11.5 Å². The summed E-state index contributed by atoms with van der Waals surface area (Å²) in [5, 5.41) is 31.1. The Kier molecular flexibility index (Phi) is 7.17. The number of carbonyl (C=O) groups excluding carboxylic acids is 2. The second kappa shape index (κ2) is 10.5. The van der Waals surface area contributed by atoms with Crippen molar-refractivity contribution in [2.24, 2.45) is 34.5 Å². The summed E-state index contributed by atoms with van der Waals surface area (Å²) in [7, 11) is 1.33. The van der Waals surface area contributed by atoms with Gasteiger partial charge in [-0.05, 0) is 55.8 Å². The number of phenolic OH excluding ortho intramolecular Hbond substituents is 2. The molecule has 2 aromatic rings. The van der Waals surface area contributed by atoms with Gasteiger partial charge < -0.3 is 24.5 Å². The van der Waals surface area contributed by atoms with Crippen molar-refractivity contribution in [3.63, 3.8) is 0 Å². The van der Waals surface area contributed by atoms with E-state index in [1.165, 1.54) is 30.9 Å². The molecule has 9 heteroatoms. The number of Topliss-reactive ketones (excluding diaryl/α,β-unsaturated/α-hetero) is 1. The van der Waals surface area contributed by atoms with Crippen LogP contribution in [0.1, 0.15) is 72.0 Å². The number of carboxylic acid groups (broad SMARTS) is 1. The van der Waals surface area contributed by atoms with Crippen molar-refractivity contribution in [3.8, 4) is 11.5 Å². The lowest BCUT2D eigenvalue weighted by Crippen LogP contribution is -2.58. The summed E-state index contributed by atoms with van der Waals surface area (Å²) in [6, 6.07) is 3.40. The van der Waals surface area contributed by atoms with Crippen LogP contribution in [0.3, 0.4) is 0 Å². The van der Waals surface area contributed by atoms with Crippen LogP contribution >= 0.6 is 0 Å². The molecule has 0 aliphatic heterocycles. The molecule has 1 aromatic carbocycles. The number of carbonyl (C=O) groups is 3. The Bertz CT molecular complexity index is 1790. The van der Waals surface area contributed by atoms with E-state index in [0.717, 1.165) is 30.9 Å². The van der Waals surface area contributed by atoms with Gasteiger partial charge >= 0.3 is 5.97 Å². The number of benzene rings is 1. The Hall–Kier alpha value is -4.14. The molecule has 0 bridgehead atoms. The Balaban J connectivity index is 1.62. The summed E-state index contributed by atoms with van der Waals surface area (Å²) in [4.78, 5) is 55.1. The molecule has 0 radical (unpaired) electrons. The van der Waals surface area contributed by atoms with Gasteiger partial charge in [-0.25, -0.2) is 0 Å². The molecule has 9 nitrogen and oxygen atoms in total. The van der Waals surface area contributed by atoms with Gasteiger partial charge in [0.1, 0.15) is 33.6 Å². The van der Waals surface area contributed by atoms with E-state index in [2.05, 4.69) is 19.9 Å². The molecule has 1 saturated carbocycles. The smallest absolute Gasteiger partial charge is 0.307 e. The van der Waals surface area contributed by atoms with Crippen LogP contribution in [0.25, 0.3) is 11.0 Å². The van der Waals surface area contributed by atoms with E-state index in [0.29, 0.717) is 6.42 Å². The molecule has 238 valence electrons. The monoisotopic (exact) mass is 616 g/mol. The fourth-order valence-electron chi connectivity index (χ4n) is 9.26. The number of aromatic hydroxyl groups is 2. The van der Waals surface area contributed by atoms with E-state index in [9.17, 15) is 34.5 Å². The van der Waals surface area contributed by atoms with Crippen LogP contribution < -0.4 is 5.43 Å². The zero-order valence-corrected chi connectivity index (χ0v) is 26.3. The van der Waals surface area contributed by atoms with Crippen molar-refractivity contribution in [1.29, 1.82) is 0 Å². The van der Waals surface area contributed by atoms with Gasteiger partial charge in [-0.15, -0.1) is 0 Å². The van der Waals surface area contributed by atoms with Crippen LogP contribution in [0.2, 0.25) is 0 Å². The Morgan fingerprint density at radius 1 is 1.04 bits per heavy atom. The number of ether oxygens (including phenoxy) is 1. The lowest BCUT2D eigenvalue weighted by molar-refractivity contribution is -0.151. The molecule has 1 fully saturated rings. The van der Waals surface area contributed by atoms with Crippen LogP contribution in [-0.4, -0.2) is 40.0 Å². The molecule has 6 atom stereocenters. The molecule has 0 spiro atoms. The quantitative estimate of drug-likeness (QED) is 0.346.